The second-order valence-electron chi connectivity index (χ2n) is 5.94. The molecule has 1 atom stereocenters. The molecule has 1 amide bonds. The summed E-state index contributed by atoms with van der Waals surface area (Å²) in [4.78, 5) is 24.8. The van der Waals surface area contributed by atoms with Crippen LogP contribution >= 0.6 is 0 Å². The fraction of sp³-hybridized carbons (Fsp3) is 0.389. The summed E-state index contributed by atoms with van der Waals surface area (Å²) in [5.41, 5.74) is 1.13. The van der Waals surface area contributed by atoms with Crippen LogP contribution in [-0.4, -0.2) is 48.0 Å². The van der Waals surface area contributed by atoms with Crippen molar-refractivity contribution in [3.8, 4) is 5.75 Å². The molecule has 6 nitrogen and oxygen atoms in total. The molecule has 1 aliphatic heterocycles. The van der Waals surface area contributed by atoms with Gasteiger partial charge in [-0.05, 0) is 30.5 Å². The van der Waals surface area contributed by atoms with Crippen molar-refractivity contribution in [2.24, 2.45) is 0 Å². The van der Waals surface area contributed by atoms with Gasteiger partial charge in [-0.25, -0.2) is 4.98 Å². The second-order valence-corrected chi connectivity index (χ2v) is 5.94. The number of aromatic nitrogens is 2. The van der Waals surface area contributed by atoms with Crippen LogP contribution in [0.25, 0.3) is 0 Å². The van der Waals surface area contributed by atoms with Crippen LogP contribution in [-0.2, 0) is 4.79 Å². The molecule has 1 fully saturated rings. The number of hydrogen-bond acceptors (Lipinski definition) is 5. The summed E-state index contributed by atoms with van der Waals surface area (Å²) in [7, 11) is 3.52. The molecule has 0 radical (unpaired) electrons. The number of anilines is 1. The van der Waals surface area contributed by atoms with Crippen LogP contribution in [0.4, 0.5) is 5.82 Å². The predicted octanol–water partition coefficient (Wildman–Crippen LogP) is 2.29. The number of benzene rings is 1. The Morgan fingerprint density at radius 1 is 1.42 bits per heavy atom. The highest BCUT2D eigenvalue weighted by Crippen LogP contribution is 2.33. The van der Waals surface area contributed by atoms with Crippen molar-refractivity contribution in [1.82, 2.24) is 14.9 Å². The van der Waals surface area contributed by atoms with E-state index in [-0.39, 0.29) is 11.9 Å². The van der Waals surface area contributed by atoms with Gasteiger partial charge in [0, 0.05) is 26.0 Å². The number of carbonyl (C=O) groups is 1. The molecule has 3 rings (SSSR count). The van der Waals surface area contributed by atoms with E-state index in [2.05, 4.69) is 16.0 Å². The predicted molar refractivity (Wildman–Crippen MR) is 92.0 cm³/mol. The fourth-order valence-corrected chi connectivity index (χ4v) is 3.12. The molecule has 0 saturated carbocycles. The minimum absolute atomic E-state index is 0.105. The molecule has 1 saturated heterocycles. The average molecular weight is 326 g/mol. The van der Waals surface area contributed by atoms with Crippen molar-refractivity contribution >= 4 is 11.7 Å². The molecule has 2 aromatic rings. The van der Waals surface area contributed by atoms with Gasteiger partial charge in [-0.2, -0.15) is 0 Å². The van der Waals surface area contributed by atoms with E-state index in [0.717, 1.165) is 30.7 Å². The van der Waals surface area contributed by atoms with E-state index in [1.165, 1.54) is 0 Å². The third-order valence-electron chi connectivity index (χ3n) is 4.36. The van der Waals surface area contributed by atoms with Gasteiger partial charge in [-0.3, -0.25) is 9.78 Å². The zero-order chi connectivity index (χ0) is 16.9. The Morgan fingerprint density at radius 2 is 2.29 bits per heavy atom. The van der Waals surface area contributed by atoms with E-state index >= 15 is 0 Å². The van der Waals surface area contributed by atoms with Gasteiger partial charge in [0.15, 0.2) is 0 Å². The first-order chi connectivity index (χ1) is 11.7. The largest absolute Gasteiger partial charge is 0.497 e. The molecular formula is C18H22N4O2. The number of likely N-dealkylation sites (tertiary alicyclic amines) is 1. The van der Waals surface area contributed by atoms with Crippen molar-refractivity contribution in [3.05, 3.63) is 48.4 Å². The minimum atomic E-state index is 0.105. The lowest BCUT2D eigenvalue weighted by Gasteiger charge is -2.28. The lowest BCUT2D eigenvalue weighted by Crippen LogP contribution is -2.39. The first-order valence-corrected chi connectivity index (χ1v) is 8.09. The van der Waals surface area contributed by atoms with E-state index < -0.39 is 0 Å². The fourth-order valence-electron chi connectivity index (χ4n) is 3.12. The molecule has 2 heterocycles. The maximum atomic E-state index is 12.8. The Bertz CT molecular complexity index is 692. The van der Waals surface area contributed by atoms with E-state index in [0.29, 0.717) is 12.4 Å². The van der Waals surface area contributed by atoms with Gasteiger partial charge in [-0.15, -0.1) is 0 Å². The van der Waals surface area contributed by atoms with Crippen molar-refractivity contribution in [3.63, 3.8) is 0 Å². The quantitative estimate of drug-likeness (QED) is 0.844. The van der Waals surface area contributed by atoms with Crippen molar-refractivity contribution < 1.29 is 9.53 Å². The molecule has 0 N–H and O–H groups in total. The Labute approximate surface area is 142 Å². The SMILES string of the molecule is COc1cccc(C2CCCN2C(=O)CN(C)c2cnccn2)c1. The van der Waals surface area contributed by atoms with Crippen molar-refractivity contribution in [1.29, 1.82) is 0 Å². The normalized spacial score (nSPS) is 16.9. The zero-order valence-corrected chi connectivity index (χ0v) is 14.1. The molecule has 1 aliphatic rings. The van der Waals surface area contributed by atoms with Crippen LogP contribution < -0.4 is 9.64 Å². The standard InChI is InChI=1S/C18H22N4O2/c1-21(17-12-19-8-9-20-17)13-18(23)22-10-4-7-16(22)14-5-3-6-15(11-14)24-2/h3,5-6,8-9,11-12,16H,4,7,10,13H2,1-2H3. The summed E-state index contributed by atoms with van der Waals surface area (Å²) in [6.45, 7) is 1.08. The molecule has 126 valence electrons. The molecular weight excluding hydrogens is 304 g/mol. The van der Waals surface area contributed by atoms with Gasteiger partial charge in [0.2, 0.25) is 5.91 Å². The van der Waals surface area contributed by atoms with Gasteiger partial charge < -0.3 is 14.5 Å². The summed E-state index contributed by atoms with van der Waals surface area (Å²) in [5, 5.41) is 0. The Balaban J connectivity index is 1.71. The van der Waals surface area contributed by atoms with Gasteiger partial charge in [0.05, 0.1) is 25.9 Å². The van der Waals surface area contributed by atoms with Crippen LogP contribution in [0.1, 0.15) is 24.4 Å². The first-order valence-electron chi connectivity index (χ1n) is 8.09. The maximum absolute atomic E-state index is 12.8. The van der Waals surface area contributed by atoms with Gasteiger partial charge in [0.1, 0.15) is 11.6 Å². The monoisotopic (exact) mass is 326 g/mol. The molecule has 24 heavy (non-hydrogen) atoms. The molecule has 0 aliphatic carbocycles. The molecule has 0 bridgehead atoms. The third-order valence-corrected chi connectivity index (χ3v) is 4.36. The van der Waals surface area contributed by atoms with E-state index in [1.807, 2.05) is 35.0 Å². The summed E-state index contributed by atoms with van der Waals surface area (Å²) < 4.78 is 5.31. The van der Waals surface area contributed by atoms with Crippen molar-refractivity contribution in [2.45, 2.75) is 18.9 Å². The van der Waals surface area contributed by atoms with Crippen LogP contribution in [0.2, 0.25) is 0 Å². The summed E-state index contributed by atoms with van der Waals surface area (Å²) in [5.74, 6) is 1.62. The lowest BCUT2D eigenvalue weighted by molar-refractivity contribution is -0.130. The smallest absolute Gasteiger partial charge is 0.242 e. The average Bonchev–Trinajstić information content (AvgIpc) is 3.12. The summed E-state index contributed by atoms with van der Waals surface area (Å²) in [6.07, 6.45) is 6.91. The number of methoxy groups -OCH3 is 1. The third kappa shape index (κ3) is 3.48. The number of amides is 1. The number of likely N-dealkylation sites (N-methyl/N-ethyl adjacent to an activating group) is 1. The second kappa shape index (κ2) is 7.29. The minimum Gasteiger partial charge on any atom is -0.497 e. The summed E-state index contributed by atoms with van der Waals surface area (Å²) >= 11 is 0. The van der Waals surface area contributed by atoms with Gasteiger partial charge in [-0.1, -0.05) is 12.1 Å². The number of rotatable bonds is 5. The van der Waals surface area contributed by atoms with Crippen LogP contribution in [0.3, 0.4) is 0 Å². The highest BCUT2D eigenvalue weighted by molar-refractivity contribution is 5.81. The topological polar surface area (TPSA) is 58.6 Å². The number of hydrogen-bond donors (Lipinski definition) is 0. The Morgan fingerprint density at radius 3 is 3.04 bits per heavy atom. The molecule has 1 aromatic carbocycles. The van der Waals surface area contributed by atoms with Crippen LogP contribution in [0, 0.1) is 0 Å². The molecule has 1 unspecified atom stereocenters. The highest BCUT2D eigenvalue weighted by Gasteiger charge is 2.30. The van der Waals surface area contributed by atoms with Gasteiger partial charge >= 0.3 is 0 Å². The van der Waals surface area contributed by atoms with Crippen LogP contribution in [0.5, 0.6) is 5.75 Å². The molecule has 1 aromatic heterocycles. The lowest BCUT2D eigenvalue weighted by atomic mass is 10.0. The Kier molecular flexibility index (Phi) is 4.93. The van der Waals surface area contributed by atoms with E-state index in [4.69, 9.17) is 4.74 Å². The Hall–Kier alpha value is -2.63. The zero-order valence-electron chi connectivity index (χ0n) is 14.1. The number of ether oxygens (including phenoxy) is 1. The first kappa shape index (κ1) is 16.2. The number of carbonyl (C=O) groups excluding carboxylic acids is 1. The number of nitrogens with zero attached hydrogens (tertiary/aromatic N) is 4. The van der Waals surface area contributed by atoms with Crippen molar-refractivity contribution in [2.75, 3.05) is 32.1 Å². The van der Waals surface area contributed by atoms with E-state index in [9.17, 15) is 4.79 Å². The van der Waals surface area contributed by atoms with Gasteiger partial charge in [0.25, 0.3) is 0 Å². The summed E-state index contributed by atoms with van der Waals surface area (Å²) in [6, 6.07) is 8.09. The van der Waals surface area contributed by atoms with Crippen LogP contribution in [0.15, 0.2) is 42.9 Å². The maximum Gasteiger partial charge on any atom is 0.242 e. The van der Waals surface area contributed by atoms with E-state index in [1.54, 1.807) is 25.7 Å². The highest BCUT2D eigenvalue weighted by atomic mass is 16.5. The molecule has 6 heteroatoms. The molecule has 0 spiro atoms.